The summed E-state index contributed by atoms with van der Waals surface area (Å²) in [6.07, 6.45) is 0. The standard InChI is InChI=1S/C22H30N2O8.CH4/c1-7-31-21(28)15-9-16(22(29)32-8-2)11-17(10-15)24(14(5)25)19(13(3)4)20(27)23-12-18(26)30-6;/h9-11,13,19H,7-8,12H2,1-6H3,(H,23,27);1H4. The molecule has 0 spiro atoms. The topological polar surface area (TPSA) is 128 Å². The van der Waals surface area contributed by atoms with Crippen LogP contribution >= 0.6 is 0 Å². The zero-order valence-electron chi connectivity index (χ0n) is 19.2. The predicted octanol–water partition coefficient (Wildman–Crippen LogP) is 2.34. The van der Waals surface area contributed by atoms with Gasteiger partial charge in [-0.15, -0.1) is 0 Å². The zero-order valence-corrected chi connectivity index (χ0v) is 19.2. The molecule has 1 atom stereocenters. The highest BCUT2D eigenvalue weighted by molar-refractivity contribution is 6.03. The van der Waals surface area contributed by atoms with E-state index in [4.69, 9.17) is 9.47 Å². The van der Waals surface area contributed by atoms with Gasteiger partial charge in [-0.2, -0.15) is 0 Å². The molecule has 0 radical (unpaired) electrons. The molecule has 1 N–H and O–H groups in total. The second-order valence-electron chi connectivity index (χ2n) is 7.08. The lowest BCUT2D eigenvalue weighted by Gasteiger charge is -2.33. The van der Waals surface area contributed by atoms with Crippen LogP contribution in [-0.2, 0) is 28.6 Å². The van der Waals surface area contributed by atoms with E-state index in [1.54, 1.807) is 27.7 Å². The van der Waals surface area contributed by atoms with Gasteiger partial charge in [-0.3, -0.25) is 19.3 Å². The maximum Gasteiger partial charge on any atom is 0.338 e. The summed E-state index contributed by atoms with van der Waals surface area (Å²) in [5.41, 5.74) is 0.185. The highest BCUT2D eigenvalue weighted by atomic mass is 16.5. The number of nitrogens with zero attached hydrogens (tertiary/aromatic N) is 1. The summed E-state index contributed by atoms with van der Waals surface area (Å²) in [7, 11) is 1.19. The van der Waals surface area contributed by atoms with E-state index in [0.717, 1.165) is 0 Å². The number of hydrogen-bond donors (Lipinski definition) is 1. The van der Waals surface area contributed by atoms with Crippen LogP contribution in [0.5, 0.6) is 0 Å². The van der Waals surface area contributed by atoms with Crippen LogP contribution in [0, 0.1) is 5.92 Å². The number of nitrogens with one attached hydrogen (secondary N) is 1. The first kappa shape index (κ1) is 29.6. The van der Waals surface area contributed by atoms with Gasteiger partial charge in [0.05, 0.1) is 31.5 Å². The fourth-order valence-corrected chi connectivity index (χ4v) is 3.01. The third-order valence-corrected chi connectivity index (χ3v) is 4.37. The molecule has 0 saturated carbocycles. The van der Waals surface area contributed by atoms with Crippen molar-refractivity contribution in [2.45, 2.75) is 48.1 Å². The molecule has 0 aromatic heterocycles. The maximum absolute atomic E-state index is 12.9. The number of hydrogen-bond acceptors (Lipinski definition) is 8. The number of carbonyl (C=O) groups is 5. The summed E-state index contributed by atoms with van der Waals surface area (Å²) in [5.74, 6) is -3.52. The van der Waals surface area contributed by atoms with Gasteiger partial charge in [0, 0.05) is 12.6 Å². The van der Waals surface area contributed by atoms with E-state index >= 15 is 0 Å². The molecule has 0 heterocycles. The van der Waals surface area contributed by atoms with Crippen LogP contribution in [0.25, 0.3) is 0 Å². The van der Waals surface area contributed by atoms with Crippen LogP contribution in [0.4, 0.5) is 5.69 Å². The van der Waals surface area contributed by atoms with Crippen molar-refractivity contribution in [3.63, 3.8) is 0 Å². The number of carbonyl (C=O) groups excluding carboxylic acids is 5. The summed E-state index contributed by atoms with van der Waals surface area (Å²) in [5, 5.41) is 2.44. The molecule has 1 aromatic carbocycles. The fraction of sp³-hybridized carbons (Fsp3) is 0.522. The van der Waals surface area contributed by atoms with Crippen LogP contribution in [0.3, 0.4) is 0 Å². The quantitative estimate of drug-likeness (QED) is 0.411. The Morgan fingerprint density at radius 2 is 1.42 bits per heavy atom. The number of methoxy groups -OCH3 is 1. The van der Waals surface area contributed by atoms with Crippen molar-refractivity contribution >= 4 is 35.4 Å². The molecule has 0 aliphatic rings. The molecule has 1 unspecified atom stereocenters. The second-order valence-corrected chi connectivity index (χ2v) is 7.08. The number of esters is 3. The Hall–Kier alpha value is -3.43. The molecule has 1 rings (SSSR count). The Labute approximate surface area is 194 Å². The normalized spacial score (nSPS) is 11.0. The van der Waals surface area contributed by atoms with Gasteiger partial charge in [-0.05, 0) is 38.0 Å². The molecular weight excluding hydrogens is 432 g/mol. The van der Waals surface area contributed by atoms with E-state index in [1.165, 1.54) is 37.1 Å². The molecule has 1 aromatic rings. The molecular formula is C23H34N2O8. The van der Waals surface area contributed by atoms with Crippen LogP contribution < -0.4 is 10.2 Å². The SMILES string of the molecule is C.CCOC(=O)c1cc(C(=O)OCC)cc(N(C(C)=O)C(C(=O)NCC(=O)OC)C(C)C)c1. The van der Waals surface area contributed by atoms with Gasteiger partial charge >= 0.3 is 17.9 Å². The molecule has 33 heavy (non-hydrogen) atoms. The van der Waals surface area contributed by atoms with Gasteiger partial charge in [-0.1, -0.05) is 21.3 Å². The van der Waals surface area contributed by atoms with Gasteiger partial charge in [0.2, 0.25) is 11.8 Å². The fourth-order valence-electron chi connectivity index (χ4n) is 3.01. The summed E-state index contributed by atoms with van der Waals surface area (Å²) in [6, 6.07) is 3.00. The van der Waals surface area contributed by atoms with Crippen molar-refractivity contribution in [3.05, 3.63) is 29.3 Å². The van der Waals surface area contributed by atoms with Crippen LogP contribution in [0.1, 0.15) is 62.8 Å². The Morgan fingerprint density at radius 1 is 0.939 bits per heavy atom. The first-order chi connectivity index (χ1) is 15.1. The van der Waals surface area contributed by atoms with E-state index < -0.39 is 35.8 Å². The van der Waals surface area contributed by atoms with Gasteiger partial charge in [0.25, 0.3) is 0 Å². The van der Waals surface area contributed by atoms with Gasteiger partial charge in [-0.25, -0.2) is 9.59 Å². The molecule has 0 saturated heterocycles. The highest BCUT2D eigenvalue weighted by Gasteiger charge is 2.33. The van der Waals surface area contributed by atoms with E-state index in [2.05, 4.69) is 10.1 Å². The van der Waals surface area contributed by atoms with Crippen LogP contribution in [0.2, 0.25) is 0 Å². The second kappa shape index (κ2) is 13.9. The summed E-state index contributed by atoms with van der Waals surface area (Å²) in [6.45, 7) is 7.81. The number of rotatable bonds is 10. The smallest absolute Gasteiger partial charge is 0.338 e. The largest absolute Gasteiger partial charge is 0.468 e. The molecule has 0 aliphatic carbocycles. The van der Waals surface area contributed by atoms with E-state index in [1.807, 2.05) is 0 Å². The highest BCUT2D eigenvalue weighted by Crippen LogP contribution is 2.26. The minimum absolute atomic E-state index is 0. The van der Waals surface area contributed by atoms with Gasteiger partial charge < -0.3 is 19.5 Å². The van der Waals surface area contributed by atoms with Crippen molar-refractivity contribution in [1.82, 2.24) is 5.32 Å². The number of anilines is 1. The molecule has 10 nitrogen and oxygen atoms in total. The van der Waals surface area contributed by atoms with Gasteiger partial charge in [0.15, 0.2) is 0 Å². The summed E-state index contributed by atoms with van der Waals surface area (Å²) in [4.78, 5) is 62.8. The monoisotopic (exact) mass is 466 g/mol. The van der Waals surface area contributed by atoms with E-state index in [0.29, 0.717) is 0 Å². The molecule has 2 amide bonds. The lowest BCUT2D eigenvalue weighted by Crippen LogP contribution is -2.53. The Kier molecular flexibility index (Phi) is 12.4. The third kappa shape index (κ3) is 8.21. The zero-order chi connectivity index (χ0) is 24.4. The lowest BCUT2D eigenvalue weighted by molar-refractivity contribution is -0.141. The first-order valence-electron chi connectivity index (χ1n) is 10.2. The van der Waals surface area contributed by atoms with Crippen LogP contribution in [0.15, 0.2) is 18.2 Å². The van der Waals surface area contributed by atoms with E-state index in [-0.39, 0.29) is 49.9 Å². The first-order valence-corrected chi connectivity index (χ1v) is 10.2. The summed E-state index contributed by atoms with van der Waals surface area (Å²) >= 11 is 0. The lowest BCUT2D eigenvalue weighted by atomic mass is 9.99. The van der Waals surface area contributed by atoms with Crippen molar-refractivity contribution in [3.8, 4) is 0 Å². The van der Waals surface area contributed by atoms with Crippen molar-refractivity contribution < 1.29 is 38.2 Å². The van der Waals surface area contributed by atoms with Crippen molar-refractivity contribution in [2.24, 2.45) is 5.92 Å². The van der Waals surface area contributed by atoms with Crippen molar-refractivity contribution in [1.29, 1.82) is 0 Å². The number of ether oxygens (including phenoxy) is 3. The Balaban J connectivity index is 0.0000102. The Morgan fingerprint density at radius 3 is 1.79 bits per heavy atom. The third-order valence-electron chi connectivity index (χ3n) is 4.37. The van der Waals surface area contributed by atoms with Crippen LogP contribution in [-0.4, -0.2) is 62.6 Å². The molecule has 0 bridgehead atoms. The average Bonchev–Trinajstić information content (AvgIpc) is 2.74. The minimum atomic E-state index is -1.04. The summed E-state index contributed by atoms with van der Waals surface area (Å²) < 4.78 is 14.6. The Bertz CT molecular complexity index is 830. The van der Waals surface area contributed by atoms with E-state index in [9.17, 15) is 24.0 Å². The molecule has 10 heteroatoms. The number of benzene rings is 1. The maximum atomic E-state index is 12.9. The average molecular weight is 467 g/mol. The molecule has 184 valence electrons. The molecule has 0 aliphatic heterocycles. The van der Waals surface area contributed by atoms with Gasteiger partial charge in [0.1, 0.15) is 12.6 Å². The molecule has 0 fully saturated rings. The minimum Gasteiger partial charge on any atom is -0.468 e. The predicted molar refractivity (Wildman–Crippen MR) is 122 cm³/mol. The van der Waals surface area contributed by atoms with Crippen molar-refractivity contribution in [2.75, 3.05) is 31.8 Å². The number of amides is 2.